The van der Waals surface area contributed by atoms with Gasteiger partial charge in [-0.3, -0.25) is 0 Å². The molecule has 124 valence electrons. The summed E-state index contributed by atoms with van der Waals surface area (Å²) in [5, 5.41) is 0. The molecule has 0 radical (unpaired) electrons. The lowest BCUT2D eigenvalue weighted by molar-refractivity contribution is -0.179. The summed E-state index contributed by atoms with van der Waals surface area (Å²) in [6.07, 6.45) is 1.13. The van der Waals surface area contributed by atoms with Gasteiger partial charge in [-0.15, -0.1) is 0 Å². The van der Waals surface area contributed by atoms with Crippen LogP contribution >= 0.6 is 0 Å². The van der Waals surface area contributed by atoms with E-state index in [4.69, 9.17) is 9.47 Å². The Bertz CT molecular complexity index is 830. The summed E-state index contributed by atoms with van der Waals surface area (Å²) in [4.78, 5) is 7.67. The number of aryl methyl sites for hydroxylation is 1. The molecule has 2 aromatic rings. The first kappa shape index (κ1) is 15.1. The van der Waals surface area contributed by atoms with Crippen LogP contribution in [0.15, 0.2) is 23.1 Å². The number of aromatic amines is 1. The van der Waals surface area contributed by atoms with Crippen molar-refractivity contribution in [1.29, 1.82) is 0 Å². The maximum Gasteiger partial charge on any atom is 0.243 e. The number of sulfonamides is 1. The van der Waals surface area contributed by atoms with E-state index in [2.05, 4.69) is 9.97 Å². The Balaban J connectivity index is 1.59. The number of ether oxygens (including phenoxy) is 2. The van der Waals surface area contributed by atoms with Crippen molar-refractivity contribution in [3.63, 3.8) is 0 Å². The van der Waals surface area contributed by atoms with Gasteiger partial charge in [-0.05, 0) is 25.1 Å². The third-order valence-electron chi connectivity index (χ3n) is 4.51. The number of hydrogen-bond acceptors (Lipinski definition) is 5. The fourth-order valence-electron chi connectivity index (χ4n) is 3.28. The molecule has 8 heteroatoms. The normalized spacial score (nSPS) is 22.1. The van der Waals surface area contributed by atoms with Gasteiger partial charge in [0.25, 0.3) is 0 Å². The zero-order valence-corrected chi connectivity index (χ0v) is 13.7. The SMILES string of the molecule is Cc1nc2ccc(S(=O)(=O)N3CCC4(CC3)OCCO4)cc2[nH]1. The third-order valence-corrected chi connectivity index (χ3v) is 6.40. The van der Waals surface area contributed by atoms with Crippen molar-refractivity contribution in [2.24, 2.45) is 0 Å². The van der Waals surface area contributed by atoms with Gasteiger partial charge in [0.15, 0.2) is 5.79 Å². The van der Waals surface area contributed by atoms with Gasteiger partial charge in [0.2, 0.25) is 10.0 Å². The summed E-state index contributed by atoms with van der Waals surface area (Å²) < 4.78 is 38.5. The van der Waals surface area contributed by atoms with Crippen molar-refractivity contribution in [2.45, 2.75) is 30.4 Å². The zero-order valence-electron chi connectivity index (χ0n) is 12.9. The first-order valence-corrected chi connectivity index (χ1v) is 9.17. The van der Waals surface area contributed by atoms with Crippen molar-refractivity contribution < 1.29 is 17.9 Å². The molecule has 23 heavy (non-hydrogen) atoms. The van der Waals surface area contributed by atoms with Crippen LogP contribution in [0.5, 0.6) is 0 Å². The summed E-state index contributed by atoms with van der Waals surface area (Å²) in [6.45, 7) is 3.83. The second-order valence-corrected chi connectivity index (χ2v) is 7.95. The molecule has 0 unspecified atom stereocenters. The van der Waals surface area contributed by atoms with Crippen LogP contribution in [0.4, 0.5) is 0 Å². The highest BCUT2D eigenvalue weighted by molar-refractivity contribution is 7.89. The smallest absolute Gasteiger partial charge is 0.243 e. The van der Waals surface area contributed by atoms with Gasteiger partial charge in [0.05, 0.1) is 29.1 Å². The second-order valence-electron chi connectivity index (χ2n) is 6.01. The third kappa shape index (κ3) is 2.55. The highest BCUT2D eigenvalue weighted by Crippen LogP contribution is 2.33. The number of H-pyrrole nitrogens is 1. The lowest BCUT2D eigenvalue weighted by Crippen LogP contribution is -2.47. The summed E-state index contributed by atoms with van der Waals surface area (Å²) in [7, 11) is -3.52. The van der Waals surface area contributed by atoms with E-state index in [0.29, 0.717) is 39.1 Å². The predicted octanol–water partition coefficient (Wildman–Crippen LogP) is 1.40. The molecule has 0 bridgehead atoms. The molecule has 0 aliphatic carbocycles. The highest BCUT2D eigenvalue weighted by Gasteiger charge is 2.42. The van der Waals surface area contributed by atoms with E-state index in [0.717, 1.165) is 16.9 Å². The van der Waals surface area contributed by atoms with Crippen LogP contribution in [-0.4, -0.2) is 54.8 Å². The Kier molecular flexibility index (Phi) is 3.45. The van der Waals surface area contributed by atoms with Crippen LogP contribution in [0, 0.1) is 6.92 Å². The van der Waals surface area contributed by atoms with Gasteiger partial charge in [-0.25, -0.2) is 13.4 Å². The van der Waals surface area contributed by atoms with E-state index in [1.807, 2.05) is 6.92 Å². The number of imidazole rings is 1. The molecule has 1 aromatic heterocycles. The fraction of sp³-hybridized carbons (Fsp3) is 0.533. The monoisotopic (exact) mass is 337 g/mol. The Hall–Kier alpha value is -1.48. The van der Waals surface area contributed by atoms with E-state index >= 15 is 0 Å². The fourth-order valence-corrected chi connectivity index (χ4v) is 4.75. The average Bonchev–Trinajstić information content (AvgIpc) is 3.12. The van der Waals surface area contributed by atoms with E-state index in [9.17, 15) is 8.42 Å². The molecule has 2 aliphatic rings. The number of rotatable bonds is 2. The Labute approximate surface area is 134 Å². The van der Waals surface area contributed by atoms with Gasteiger partial charge in [0.1, 0.15) is 5.82 Å². The molecule has 1 spiro atoms. The number of hydrogen-bond donors (Lipinski definition) is 1. The van der Waals surface area contributed by atoms with Gasteiger partial charge in [-0.2, -0.15) is 4.31 Å². The van der Waals surface area contributed by atoms with Crippen molar-refractivity contribution >= 4 is 21.1 Å². The minimum atomic E-state index is -3.52. The minimum absolute atomic E-state index is 0.290. The van der Waals surface area contributed by atoms with Crippen LogP contribution in [0.1, 0.15) is 18.7 Å². The molecule has 0 amide bonds. The predicted molar refractivity (Wildman–Crippen MR) is 83.5 cm³/mol. The van der Waals surface area contributed by atoms with E-state index in [1.165, 1.54) is 4.31 Å². The zero-order chi connectivity index (χ0) is 16.1. The van der Waals surface area contributed by atoms with E-state index < -0.39 is 15.8 Å². The standard InChI is InChI=1S/C15H19N3O4S/c1-11-16-13-3-2-12(10-14(13)17-11)23(19,20)18-6-4-15(5-7-18)21-8-9-22-15/h2-3,10H,4-9H2,1H3,(H,16,17). The minimum Gasteiger partial charge on any atom is -0.347 e. The average molecular weight is 337 g/mol. The molecule has 2 fully saturated rings. The van der Waals surface area contributed by atoms with Crippen molar-refractivity contribution in [3.05, 3.63) is 24.0 Å². The van der Waals surface area contributed by atoms with Gasteiger partial charge < -0.3 is 14.5 Å². The Morgan fingerprint density at radius 3 is 2.61 bits per heavy atom. The van der Waals surface area contributed by atoms with Crippen molar-refractivity contribution in [3.8, 4) is 0 Å². The lowest BCUT2D eigenvalue weighted by Gasteiger charge is -2.36. The van der Waals surface area contributed by atoms with Crippen molar-refractivity contribution in [2.75, 3.05) is 26.3 Å². The first-order chi connectivity index (χ1) is 11.0. The molecule has 7 nitrogen and oxygen atoms in total. The first-order valence-electron chi connectivity index (χ1n) is 7.73. The van der Waals surface area contributed by atoms with E-state index in [-0.39, 0.29) is 4.90 Å². The molecule has 0 atom stereocenters. The Morgan fingerprint density at radius 1 is 1.22 bits per heavy atom. The van der Waals surface area contributed by atoms with Crippen LogP contribution < -0.4 is 0 Å². The number of fused-ring (bicyclic) bond motifs is 1. The van der Waals surface area contributed by atoms with Gasteiger partial charge >= 0.3 is 0 Å². The molecule has 2 aliphatic heterocycles. The molecule has 2 saturated heterocycles. The molecular weight excluding hydrogens is 318 g/mol. The van der Waals surface area contributed by atoms with Crippen LogP contribution in [0.2, 0.25) is 0 Å². The van der Waals surface area contributed by atoms with Gasteiger partial charge in [0, 0.05) is 25.9 Å². The molecule has 1 aromatic carbocycles. The maximum absolute atomic E-state index is 12.9. The number of aromatic nitrogens is 2. The lowest BCUT2D eigenvalue weighted by atomic mass is 10.1. The summed E-state index contributed by atoms with van der Waals surface area (Å²) in [5.74, 6) is 0.196. The molecule has 0 saturated carbocycles. The summed E-state index contributed by atoms with van der Waals surface area (Å²) >= 11 is 0. The quantitative estimate of drug-likeness (QED) is 0.895. The van der Waals surface area contributed by atoms with Crippen LogP contribution in [0.25, 0.3) is 11.0 Å². The summed E-state index contributed by atoms with van der Waals surface area (Å²) in [6, 6.07) is 5.00. The van der Waals surface area contributed by atoms with Crippen molar-refractivity contribution in [1.82, 2.24) is 14.3 Å². The topological polar surface area (TPSA) is 84.5 Å². The maximum atomic E-state index is 12.9. The van der Waals surface area contributed by atoms with E-state index in [1.54, 1.807) is 18.2 Å². The van der Waals surface area contributed by atoms with Crippen LogP contribution in [0.3, 0.4) is 0 Å². The Morgan fingerprint density at radius 2 is 1.91 bits per heavy atom. The number of nitrogens with zero attached hydrogens (tertiary/aromatic N) is 2. The number of piperidine rings is 1. The second kappa shape index (κ2) is 5.27. The van der Waals surface area contributed by atoms with Crippen LogP contribution in [-0.2, 0) is 19.5 Å². The van der Waals surface area contributed by atoms with Gasteiger partial charge in [-0.1, -0.05) is 0 Å². The number of nitrogens with one attached hydrogen (secondary N) is 1. The molecule has 1 N–H and O–H groups in total. The summed E-state index contributed by atoms with van der Waals surface area (Å²) in [5.41, 5.74) is 1.51. The largest absolute Gasteiger partial charge is 0.347 e. The molecular formula is C15H19N3O4S. The number of benzene rings is 1. The highest BCUT2D eigenvalue weighted by atomic mass is 32.2. The molecule has 3 heterocycles. The molecule has 4 rings (SSSR count).